The van der Waals surface area contributed by atoms with E-state index in [1.165, 1.54) is 0 Å². The molecule has 0 atom stereocenters. The van der Waals surface area contributed by atoms with Gasteiger partial charge in [-0.15, -0.1) is 0 Å². The molecule has 0 bridgehead atoms. The van der Waals surface area contributed by atoms with Crippen LogP contribution in [0.25, 0.3) is 0 Å². The van der Waals surface area contributed by atoms with Crippen molar-refractivity contribution < 1.29 is 17.0 Å². The monoisotopic (exact) mass is 182 g/mol. The molecule has 0 aliphatic carbocycles. The largest absolute Gasteiger partial charge is 1.00 e. The molecule has 0 saturated heterocycles. The predicted octanol–water partition coefficient (Wildman–Crippen LogP) is -0.905. The third-order valence-electron chi connectivity index (χ3n) is 0.324. The van der Waals surface area contributed by atoms with Crippen molar-refractivity contribution in [3.8, 4) is 0 Å². The molecule has 0 unspecified atom stereocenters. The lowest BCUT2D eigenvalue weighted by Crippen LogP contribution is -3.00. The van der Waals surface area contributed by atoms with Crippen molar-refractivity contribution in [1.29, 1.82) is 0 Å². The summed E-state index contributed by atoms with van der Waals surface area (Å²) >= 11 is 0. The Hall–Kier alpha value is 0.530. The van der Waals surface area contributed by atoms with Crippen LogP contribution in [0.15, 0.2) is 16.8 Å². The molecule has 0 saturated carbocycles. The third-order valence-corrected chi connectivity index (χ3v) is 1.97. The fourth-order valence-electron chi connectivity index (χ4n) is 0.160. The van der Waals surface area contributed by atoms with Gasteiger partial charge < -0.3 is 17.0 Å². The van der Waals surface area contributed by atoms with Crippen LogP contribution in [0.1, 0.15) is 0 Å². The number of rotatable bonds is 0. The average molecular weight is 183 g/mol. The van der Waals surface area contributed by atoms with Crippen LogP contribution in [-0.4, -0.2) is 0 Å². The van der Waals surface area contributed by atoms with Gasteiger partial charge in [-0.05, 0) is 0 Å². The van der Waals surface area contributed by atoms with E-state index in [2.05, 4.69) is 10.8 Å². The van der Waals surface area contributed by atoms with Gasteiger partial charge in [0.15, 0.2) is 10.3 Å². The van der Waals surface area contributed by atoms with E-state index in [1.807, 2.05) is 6.07 Å². The lowest BCUT2D eigenvalue weighted by atomic mass is 10.8. The van der Waals surface area contributed by atoms with Gasteiger partial charge in [0.05, 0.1) is 5.38 Å². The Kier molecular flexibility index (Phi) is 4.04. The van der Waals surface area contributed by atoms with Gasteiger partial charge in [0.25, 0.3) is 10.3 Å². The molecule has 0 aromatic carbocycles. The minimum atomic E-state index is 0. The quantitative estimate of drug-likeness (QED) is 0.361. The van der Waals surface area contributed by atoms with Crippen LogP contribution in [0, 0.1) is 0 Å². The van der Waals surface area contributed by atoms with Gasteiger partial charge >= 0.3 is 0 Å². The van der Waals surface area contributed by atoms with Crippen LogP contribution in [0.3, 0.4) is 0 Å². The van der Waals surface area contributed by atoms with E-state index in [-0.39, 0.29) is 17.0 Å². The molecule has 1 aromatic rings. The Morgan fingerprint density at radius 1 is 1.50 bits per heavy atom. The van der Waals surface area contributed by atoms with Crippen molar-refractivity contribution in [3.63, 3.8) is 0 Å². The van der Waals surface area contributed by atoms with E-state index in [0.717, 1.165) is 0 Å². The fraction of sp³-hybridized carbons (Fsp3) is 0. The summed E-state index contributed by atoms with van der Waals surface area (Å²) in [6, 6.07) is 2.04. The molecular formula is C3H3BrS2. The highest BCUT2D eigenvalue weighted by Crippen LogP contribution is 2.02. The zero-order chi connectivity index (χ0) is 3.54. The van der Waals surface area contributed by atoms with Crippen LogP contribution in [0.4, 0.5) is 0 Å². The summed E-state index contributed by atoms with van der Waals surface area (Å²) in [6.07, 6.45) is 0. The Morgan fingerprint density at radius 2 is 2.33 bits per heavy atom. The Balaban J connectivity index is 0.000000250. The van der Waals surface area contributed by atoms with Crippen molar-refractivity contribution in [2.24, 2.45) is 0 Å². The molecule has 0 fully saturated rings. The van der Waals surface area contributed by atoms with E-state index < -0.39 is 0 Å². The van der Waals surface area contributed by atoms with Crippen LogP contribution < -0.4 is 17.0 Å². The molecule has 34 valence electrons. The zero-order valence-electron chi connectivity index (χ0n) is 2.93. The normalized spacial score (nSPS) is 6.67. The standard InChI is InChI=1S/C3H3S2.BrH/c1-2-4-5-3-1;/h1-3H;1H/q+1;/p-1. The van der Waals surface area contributed by atoms with Crippen LogP contribution in [0.5, 0.6) is 0 Å². The Labute approximate surface area is 54.6 Å². The summed E-state index contributed by atoms with van der Waals surface area (Å²) in [6.45, 7) is 0. The average Bonchev–Trinajstić information content (AvgIpc) is 1.76. The first-order valence-corrected chi connectivity index (χ1v) is 3.58. The van der Waals surface area contributed by atoms with Crippen LogP contribution in [-0.2, 0) is 0 Å². The van der Waals surface area contributed by atoms with Crippen molar-refractivity contribution in [3.05, 3.63) is 16.8 Å². The number of hydrogen-bond donors (Lipinski definition) is 0. The molecule has 0 amide bonds. The van der Waals surface area contributed by atoms with E-state index >= 15 is 0 Å². The molecule has 3 heteroatoms. The first-order chi connectivity index (χ1) is 2.50. The van der Waals surface area contributed by atoms with Crippen LogP contribution >= 0.6 is 20.7 Å². The molecule has 0 N–H and O–H groups in total. The van der Waals surface area contributed by atoms with Gasteiger partial charge in [-0.3, -0.25) is 0 Å². The lowest BCUT2D eigenvalue weighted by Gasteiger charge is -1.25. The number of halogens is 1. The van der Waals surface area contributed by atoms with Gasteiger partial charge in [0, 0.05) is 6.07 Å². The van der Waals surface area contributed by atoms with Crippen molar-refractivity contribution in [2.45, 2.75) is 0 Å². The highest BCUT2D eigenvalue weighted by molar-refractivity contribution is 7.67. The maximum atomic E-state index is 2.06. The minimum Gasteiger partial charge on any atom is -1.00 e. The van der Waals surface area contributed by atoms with Crippen molar-refractivity contribution in [1.82, 2.24) is 0 Å². The van der Waals surface area contributed by atoms with Gasteiger partial charge in [-0.1, -0.05) is 0 Å². The topological polar surface area (TPSA) is 0 Å². The second-order valence-corrected chi connectivity index (χ2v) is 2.74. The van der Waals surface area contributed by atoms with Crippen molar-refractivity contribution in [2.75, 3.05) is 0 Å². The smallest absolute Gasteiger partial charge is 0.291 e. The van der Waals surface area contributed by atoms with E-state index in [4.69, 9.17) is 0 Å². The second kappa shape index (κ2) is 3.71. The van der Waals surface area contributed by atoms with Gasteiger partial charge in [-0.2, -0.15) is 0 Å². The fourth-order valence-corrected chi connectivity index (χ4v) is 1.44. The molecular weight excluding hydrogens is 180 g/mol. The van der Waals surface area contributed by atoms with Gasteiger partial charge in [-0.25, -0.2) is 0 Å². The van der Waals surface area contributed by atoms with E-state index in [1.54, 1.807) is 20.7 Å². The first-order valence-electron chi connectivity index (χ1n) is 1.30. The molecule has 0 aliphatic heterocycles. The molecule has 6 heavy (non-hydrogen) atoms. The molecule has 0 spiro atoms. The van der Waals surface area contributed by atoms with Gasteiger partial charge in [0.1, 0.15) is 0 Å². The van der Waals surface area contributed by atoms with E-state index in [0.29, 0.717) is 0 Å². The SMILES string of the molecule is [Br-].c1cs[s+]c1. The molecule has 0 nitrogen and oxygen atoms in total. The lowest BCUT2D eigenvalue weighted by molar-refractivity contribution is -0.000000857. The molecule has 0 aliphatic rings. The molecule has 0 radical (unpaired) electrons. The summed E-state index contributed by atoms with van der Waals surface area (Å²) in [5, 5.41) is 4.12. The number of hydrogen-bond acceptors (Lipinski definition) is 1. The summed E-state index contributed by atoms with van der Waals surface area (Å²) in [4.78, 5) is 0. The second-order valence-electron chi connectivity index (χ2n) is 0.657. The summed E-state index contributed by atoms with van der Waals surface area (Å²) in [7, 11) is 3.51. The summed E-state index contributed by atoms with van der Waals surface area (Å²) in [5.41, 5.74) is 0. The van der Waals surface area contributed by atoms with Crippen molar-refractivity contribution >= 4 is 20.7 Å². The van der Waals surface area contributed by atoms with E-state index in [9.17, 15) is 0 Å². The highest BCUT2D eigenvalue weighted by Gasteiger charge is 1.79. The van der Waals surface area contributed by atoms with Gasteiger partial charge in [0.2, 0.25) is 5.38 Å². The predicted molar refractivity (Wildman–Crippen MR) is 26.6 cm³/mol. The Bertz CT molecular complexity index is 65.3. The third kappa shape index (κ3) is 1.85. The summed E-state index contributed by atoms with van der Waals surface area (Å²) < 4.78 is 0. The first kappa shape index (κ1) is 6.53. The maximum absolute atomic E-state index is 2.06. The summed E-state index contributed by atoms with van der Waals surface area (Å²) in [5.74, 6) is 0. The van der Waals surface area contributed by atoms with Crippen LogP contribution in [0.2, 0.25) is 0 Å². The Morgan fingerprint density at radius 3 is 2.50 bits per heavy atom. The minimum absolute atomic E-state index is 0. The highest BCUT2D eigenvalue weighted by atomic mass is 79.9. The molecule has 1 aromatic heterocycles. The zero-order valence-corrected chi connectivity index (χ0v) is 6.15. The molecule has 1 rings (SSSR count). The molecule has 1 heterocycles. The maximum Gasteiger partial charge on any atom is 0.291 e.